The van der Waals surface area contributed by atoms with E-state index in [1.807, 2.05) is 84.9 Å². The Balaban J connectivity index is 1.11. The van der Waals surface area contributed by atoms with Gasteiger partial charge in [-0.3, -0.25) is 0 Å². The third-order valence-electron chi connectivity index (χ3n) is 17.0. The molecule has 87 heavy (non-hydrogen) atoms. The molecule has 0 aliphatic rings. The maximum absolute atomic E-state index is 10.5. The topological polar surface area (TPSA) is 120 Å². The summed E-state index contributed by atoms with van der Waals surface area (Å²) in [6.07, 6.45) is 0. The van der Waals surface area contributed by atoms with Gasteiger partial charge in [-0.2, -0.15) is 15.8 Å². The fourth-order valence-electron chi connectivity index (χ4n) is 12.3. The van der Waals surface area contributed by atoms with Crippen LogP contribution in [0.5, 0.6) is 0 Å². The molecule has 13 aromatic rings. The lowest BCUT2D eigenvalue weighted by Crippen LogP contribution is -2.10. The molecule has 3 heterocycles. The molecule has 420 valence electrons. The second-order valence-corrected chi connectivity index (χ2v) is 26.0. The van der Waals surface area contributed by atoms with Crippen molar-refractivity contribution in [1.82, 2.24) is 24.1 Å². The van der Waals surface area contributed by atoms with E-state index in [0.717, 1.165) is 111 Å². The molecule has 3 aromatic heterocycles. The quantitative estimate of drug-likeness (QED) is 0.149. The van der Waals surface area contributed by atoms with E-state index in [9.17, 15) is 15.8 Å². The highest BCUT2D eigenvalue weighted by atomic mass is 15.0. The van der Waals surface area contributed by atoms with Gasteiger partial charge in [0.1, 0.15) is 0 Å². The molecule has 0 radical (unpaired) electrons. The van der Waals surface area contributed by atoms with Crippen molar-refractivity contribution in [3.63, 3.8) is 0 Å². The molecule has 0 aliphatic heterocycles. The molecule has 10 aromatic carbocycles. The Morgan fingerprint density at radius 2 is 0.724 bits per heavy atom. The molecule has 13 rings (SSSR count). The summed E-state index contributed by atoms with van der Waals surface area (Å²) >= 11 is 0. The number of nitrogens with zero attached hydrogens (tertiary/aromatic N) is 8. The van der Waals surface area contributed by atoms with Crippen LogP contribution in [0.3, 0.4) is 0 Å². The molecule has 0 fully saturated rings. The van der Waals surface area contributed by atoms with Gasteiger partial charge in [-0.25, -0.2) is 15.0 Å². The number of hydrogen-bond donors (Lipinski definition) is 0. The van der Waals surface area contributed by atoms with Crippen molar-refractivity contribution >= 4 is 43.6 Å². The summed E-state index contributed by atoms with van der Waals surface area (Å²) in [5.74, 6) is 1.32. The lowest BCUT2D eigenvalue weighted by molar-refractivity contribution is 0.590. The van der Waals surface area contributed by atoms with Crippen LogP contribution in [0.2, 0.25) is 0 Å². The second kappa shape index (κ2) is 21.1. The maximum Gasteiger partial charge on any atom is 0.164 e. The van der Waals surface area contributed by atoms with Gasteiger partial charge in [-0.05, 0) is 148 Å². The van der Waals surface area contributed by atoms with E-state index in [1.54, 1.807) is 0 Å². The van der Waals surface area contributed by atoms with Crippen molar-refractivity contribution in [1.29, 1.82) is 15.8 Å². The Hall–Kier alpha value is -10.7. The number of aromatic nitrogens is 5. The van der Waals surface area contributed by atoms with Crippen LogP contribution in [-0.4, -0.2) is 24.1 Å². The highest BCUT2D eigenvalue weighted by molar-refractivity contribution is 6.12. The third-order valence-corrected chi connectivity index (χ3v) is 17.0. The van der Waals surface area contributed by atoms with Gasteiger partial charge in [0.2, 0.25) is 0 Å². The number of aryl methyl sites for hydroxylation is 1. The zero-order chi connectivity index (χ0) is 60.7. The van der Waals surface area contributed by atoms with E-state index in [4.69, 9.17) is 15.0 Å². The van der Waals surface area contributed by atoms with Gasteiger partial charge >= 0.3 is 0 Å². The van der Waals surface area contributed by atoms with E-state index in [-0.39, 0.29) is 16.2 Å². The van der Waals surface area contributed by atoms with Crippen molar-refractivity contribution in [2.45, 2.75) is 85.5 Å². The number of fused-ring (bicyclic) bond motifs is 6. The molecule has 8 heteroatoms. The number of hydrogen-bond acceptors (Lipinski definition) is 6. The fourth-order valence-corrected chi connectivity index (χ4v) is 12.3. The van der Waals surface area contributed by atoms with Gasteiger partial charge in [0.15, 0.2) is 17.5 Å². The molecule has 0 bridgehead atoms. The zero-order valence-corrected chi connectivity index (χ0v) is 50.7. The predicted molar refractivity (Wildman–Crippen MR) is 356 cm³/mol. The van der Waals surface area contributed by atoms with Gasteiger partial charge in [0, 0.05) is 54.9 Å². The van der Waals surface area contributed by atoms with E-state index in [2.05, 4.69) is 218 Å². The number of nitriles is 3. The van der Waals surface area contributed by atoms with Crippen LogP contribution in [0.25, 0.3) is 123 Å². The Morgan fingerprint density at radius 3 is 1.16 bits per heavy atom. The smallest absolute Gasteiger partial charge is 0.164 e. The third kappa shape index (κ3) is 9.98. The molecule has 0 saturated carbocycles. The van der Waals surface area contributed by atoms with Crippen LogP contribution in [0.1, 0.15) is 101 Å². The first-order valence-electron chi connectivity index (χ1n) is 29.6. The van der Waals surface area contributed by atoms with Crippen LogP contribution in [0, 0.1) is 40.9 Å². The largest absolute Gasteiger partial charge is 0.309 e. The average Bonchev–Trinajstić information content (AvgIpc) is 1.63. The molecule has 8 nitrogen and oxygen atoms in total. The van der Waals surface area contributed by atoms with Crippen LogP contribution >= 0.6 is 0 Å². The highest BCUT2D eigenvalue weighted by Crippen LogP contribution is 2.44. The first kappa shape index (κ1) is 55.5. The molecule has 0 aliphatic carbocycles. The Kier molecular flexibility index (Phi) is 13.5. The molecule has 0 amide bonds. The first-order chi connectivity index (χ1) is 41.8. The first-order valence-corrected chi connectivity index (χ1v) is 29.6. The molecular weight excluding hydrogens is 1060 g/mol. The predicted octanol–water partition coefficient (Wildman–Crippen LogP) is 19.9. The second-order valence-electron chi connectivity index (χ2n) is 26.0. The van der Waals surface area contributed by atoms with Gasteiger partial charge < -0.3 is 9.13 Å². The van der Waals surface area contributed by atoms with E-state index < -0.39 is 0 Å². The summed E-state index contributed by atoms with van der Waals surface area (Å²) in [5.41, 5.74) is 19.7. The van der Waals surface area contributed by atoms with Crippen LogP contribution in [0.4, 0.5) is 0 Å². The van der Waals surface area contributed by atoms with E-state index >= 15 is 0 Å². The Morgan fingerprint density at radius 1 is 0.322 bits per heavy atom. The van der Waals surface area contributed by atoms with Gasteiger partial charge in [0.05, 0.1) is 68.3 Å². The molecular formula is C79H64N8. The molecule has 0 unspecified atom stereocenters. The van der Waals surface area contributed by atoms with Crippen molar-refractivity contribution in [3.8, 4) is 97.1 Å². The van der Waals surface area contributed by atoms with E-state index in [1.165, 1.54) is 16.7 Å². The normalized spacial score (nSPS) is 12.0. The molecule has 0 N–H and O–H groups in total. The summed E-state index contributed by atoms with van der Waals surface area (Å²) in [4.78, 5) is 16.5. The summed E-state index contributed by atoms with van der Waals surface area (Å²) in [7, 11) is 0. The van der Waals surface area contributed by atoms with Gasteiger partial charge in [-0.15, -0.1) is 0 Å². The van der Waals surface area contributed by atoms with Crippen LogP contribution in [-0.2, 0) is 16.2 Å². The zero-order valence-electron chi connectivity index (χ0n) is 50.7. The maximum atomic E-state index is 10.5. The summed E-state index contributed by atoms with van der Waals surface area (Å²) in [6, 6.07) is 78.4. The standard InChI is InChI=1S/C79H64N8/c1-48-25-33-68-64(37-48)65-42-56(77(2,3)4)28-34-69(65)86(68)72-40-53(26-31-60(72)51-20-15-17-49(38-51)45-80)74-83-75(85-76(84-74)63-24-14-13-23-62(63)59-22-12-11-19-55(59)47-82)54-27-32-61(52-21-16-18-50(39-52)46-81)73(41-54)87-70-35-29-57(78(5,6)7)43-66(70)67-44-58(79(8,9)10)30-36-71(67)87/h11-44H,1-10H3. The van der Waals surface area contributed by atoms with Crippen LogP contribution in [0.15, 0.2) is 206 Å². The Bertz CT molecular complexity index is 5030. The van der Waals surface area contributed by atoms with E-state index in [0.29, 0.717) is 34.2 Å². The van der Waals surface area contributed by atoms with Crippen molar-refractivity contribution in [2.75, 3.05) is 0 Å². The number of benzene rings is 10. The van der Waals surface area contributed by atoms with Crippen molar-refractivity contribution in [2.24, 2.45) is 0 Å². The molecule has 0 saturated heterocycles. The minimum Gasteiger partial charge on any atom is -0.309 e. The monoisotopic (exact) mass is 1120 g/mol. The lowest BCUT2D eigenvalue weighted by Gasteiger charge is -2.20. The highest BCUT2D eigenvalue weighted by Gasteiger charge is 2.26. The lowest BCUT2D eigenvalue weighted by atomic mass is 9.85. The summed E-state index contributed by atoms with van der Waals surface area (Å²) < 4.78 is 4.71. The average molecular weight is 1130 g/mol. The fraction of sp³-hybridized carbons (Fsp3) is 0.165. The SMILES string of the molecule is Cc1ccc2c(c1)c1cc(C(C)(C)C)ccc1n2-c1cc(-c2nc(-c3ccc(-c4cccc(C#N)c4)c(-n4c5ccc(C(C)(C)C)cc5c5cc(C(C)(C)C)ccc54)c3)nc(-c3ccccc3-c3ccccc3C#N)n2)ccc1-c1cccc(C#N)c1. The Labute approximate surface area is 508 Å². The minimum atomic E-state index is -0.0985. The molecule has 0 spiro atoms. The van der Waals surface area contributed by atoms with Crippen molar-refractivity contribution in [3.05, 3.63) is 245 Å². The van der Waals surface area contributed by atoms with Crippen LogP contribution < -0.4 is 0 Å². The van der Waals surface area contributed by atoms with Gasteiger partial charge in [-0.1, -0.05) is 183 Å². The van der Waals surface area contributed by atoms with Crippen molar-refractivity contribution < 1.29 is 0 Å². The summed E-state index contributed by atoms with van der Waals surface area (Å²) in [6.45, 7) is 22.4. The molecule has 0 atom stereocenters. The van der Waals surface area contributed by atoms with Gasteiger partial charge in [0.25, 0.3) is 0 Å². The number of rotatable bonds is 8. The summed E-state index contributed by atoms with van der Waals surface area (Å²) in [5, 5.41) is 35.6. The minimum absolute atomic E-state index is 0.0853.